The summed E-state index contributed by atoms with van der Waals surface area (Å²) in [6, 6.07) is 7.36. The summed E-state index contributed by atoms with van der Waals surface area (Å²) in [6.07, 6.45) is 0. The Morgan fingerprint density at radius 3 is 1.30 bits per heavy atom. The lowest BCUT2D eigenvalue weighted by Crippen LogP contribution is -2.27. The zero-order valence-corrected chi connectivity index (χ0v) is 24.4. The fraction of sp³-hybridized carbons (Fsp3) is 0.750. The zero-order chi connectivity index (χ0) is 29.2. The van der Waals surface area contributed by atoms with Crippen LogP contribution in [0.15, 0.2) is 24.3 Å². The Morgan fingerprint density at radius 1 is 0.575 bits per heavy atom. The van der Waals surface area contributed by atoms with E-state index in [-0.39, 0.29) is 12.6 Å². The van der Waals surface area contributed by atoms with Crippen molar-refractivity contribution in [3.63, 3.8) is 0 Å². The van der Waals surface area contributed by atoms with E-state index in [9.17, 15) is 4.79 Å². The number of rotatable bonds is 27. The third-order valence-electron chi connectivity index (χ3n) is 4.65. The van der Waals surface area contributed by atoms with Crippen LogP contribution < -0.4 is 10.5 Å². The molecule has 12 heteroatoms. The van der Waals surface area contributed by atoms with E-state index in [1.165, 1.54) is 0 Å². The number of hydrogen-bond donors (Lipinski definition) is 1. The van der Waals surface area contributed by atoms with Crippen LogP contribution in [0.3, 0.4) is 0 Å². The molecule has 0 aliphatic rings. The van der Waals surface area contributed by atoms with Gasteiger partial charge in [0.05, 0.1) is 105 Å². The van der Waals surface area contributed by atoms with Crippen molar-refractivity contribution in [2.24, 2.45) is 0 Å². The van der Waals surface area contributed by atoms with E-state index < -0.39 is 5.60 Å². The van der Waals surface area contributed by atoms with Crippen molar-refractivity contribution in [2.75, 3.05) is 118 Å². The molecule has 0 aliphatic heterocycles. The largest absolute Gasteiger partial charge is 0.489 e. The number of carbonyl (C=O) groups excluding carboxylic acids is 1. The van der Waals surface area contributed by atoms with Crippen LogP contribution in [0.4, 0.5) is 5.69 Å². The Morgan fingerprint density at radius 2 is 0.925 bits per heavy atom. The molecule has 232 valence electrons. The third-order valence-corrected chi connectivity index (χ3v) is 4.65. The smallest absolute Gasteiger partial charge is 0.332 e. The molecule has 0 unspecified atom stereocenters. The number of nitrogen functional groups attached to an aromatic ring is 1. The van der Waals surface area contributed by atoms with E-state index in [0.29, 0.717) is 117 Å². The van der Waals surface area contributed by atoms with Crippen LogP contribution in [-0.2, 0) is 47.4 Å². The van der Waals surface area contributed by atoms with Crippen molar-refractivity contribution in [2.45, 2.75) is 26.4 Å². The van der Waals surface area contributed by atoms with Gasteiger partial charge >= 0.3 is 5.97 Å². The number of para-hydroxylation sites is 2. The van der Waals surface area contributed by atoms with Gasteiger partial charge in [-0.2, -0.15) is 0 Å². The van der Waals surface area contributed by atoms with Crippen molar-refractivity contribution in [1.82, 2.24) is 0 Å². The summed E-state index contributed by atoms with van der Waals surface area (Å²) in [7, 11) is 0. The Labute approximate surface area is 238 Å². The lowest BCUT2D eigenvalue weighted by molar-refractivity contribution is -0.160. The molecule has 0 amide bonds. The maximum absolute atomic E-state index is 11.5. The molecule has 1 aromatic carbocycles. The Kier molecular flexibility index (Phi) is 22.3. The van der Waals surface area contributed by atoms with Gasteiger partial charge in [0, 0.05) is 0 Å². The average Bonchev–Trinajstić information content (AvgIpc) is 2.90. The standard InChI is InChI=1S/C28H49NO11/c1-28(2,3)40-27(30)24-38-21-20-36-17-16-34-13-12-32-9-8-31-10-11-33-14-15-35-18-19-37-22-23-39-26-7-5-4-6-25(26)29/h4-7H,8-24,29H2,1-3H3. The summed E-state index contributed by atoms with van der Waals surface area (Å²) >= 11 is 0. The highest BCUT2D eigenvalue weighted by Gasteiger charge is 2.15. The highest BCUT2D eigenvalue weighted by atomic mass is 16.6. The third kappa shape index (κ3) is 23.8. The van der Waals surface area contributed by atoms with Crippen LogP contribution in [0.25, 0.3) is 0 Å². The second kappa shape index (κ2) is 24.7. The highest BCUT2D eigenvalue weighted by Crippen LogP contribution is 2.19. The topological polar surface area (TPSA) is 135 Å². The highest BCUT2D eigenvalue weighted by molar-refractivity contribution is 5.71. The lowest BCUT2D eigenvalue weighted by atomic mass is 10.2. The second-order valence-electron chi connectivity index (χ2n) is 9.31. The molecule has 1 rings (SSSR count). The van der Waals surface area contributed by atoms with Gasteiger partial charge in [-0.3, -0.25) is 0 Å². The molecule has 0 radical (unpaired) electrons. The number of ether oxygens (including phenoxy) is 10. The maximum atomic E-state index is 11.5. The Bertz CT molecular complexity index is 730. The maximum Gasteiger partial charge on any atom is 0.332 e. The zero-order valence-electron chi connectivity index (χ0n) is 24.4. The fourth-order valence-corrected chi connectivity index (χ4v) is 2.89. The van der Waals surface area contributed by atoms with E-state index in [0.717, 1.165) is 0 Å². The number of nitrogens with two attached hydrogens (primary N) is 1. The van der Waals surface area contributed by atoms with Crippen molar-refractivity contribution in [3.05, 3.63) is 24.3 Å². The van der Waals surface area contributed by atoms with Crippen LogP contribution >= 0.6 is 0 Å². The van der Waals surface area contributed by atoms with E-state index in [2.05, 4.69) is 0 Å². The summed E-state index contributed by atoms with van der Waals surface area (Å²) in [5, 5.41) is 0. The van der Waals surface area contributed by atoms with Crippen LogP contribution in [-0.4, -0.2) is 124 Å². The molecule has 0 spiro atoms. The second-order valence-corrected chi connectivity index (χ2v) is 9.31. The number of esters is 1. The van der Waals surface area contributed by atoms with Crippen molar-refractivity contribution in [3.8, 4) is 5.75 Å². The molecule has 0 saturated heterocycles. The molecule has 0 aromatic heterocycles. The van der Waals surface area contributed by atoms with Crippen LogP contribution in [0, 0.1) is 0 Å². The van der Waals surface area contributed by atoms with Crippen LogP contribution in [0.2, 0.25) is 0 Å². The average molecular weight is 576 g/mol. The predicted octanol–water partition coefficient (Wildman–Crippen LogP) is 2.12. The minimum Gasteiger partial charge on any atom is -0.489 e. The van der Waals surface area contributed by atoms with Crippen molar-refractivity contribution in [1.29, 1.82) is 0 Å². The van der Waals surface area contributed by atoms with Gasteiger partial charge in [0.15, 0.2) is 0 Å². The van der Waals surface area contributed by atoms with Gasteiger partial charge in [-0.05, 0) is 32.9 Å². The molecule has 0 aliphatic carbocycles. The van der Waals surface area contributed by atoms with Gasteiger partial charge in [-0.15, -0.1) is 0 Å². The molecular formula is C28H49NO11. The van der Waals surface area contributed by atoms with E-state index in [4.69, 9.17) is 53.1 Å². The Balaban J connectivity index is 1.68. The van der Waals surface area contributed by atoms with E-state index >= 15 is 0 Å². The molecule has 1 aromatic rings. The van der Waals surface area contributed by atoms with Crippen molar-refractivity contribution >= 4 is 11.7 Å². The van der Waals surface area contributed by atoms with E-state index in [1.54, 1.807) is 6.07 Å². The van der Waals surface area contributed by atoms with Crippen LogP contribution in [0.1, 0.15) is 20.8 Å². The fourth-order valence-electron chi connectivity index (χ4n) is 2.89. The molecular weight excluding hydrogens is 526 g/mol. The van der Waals surface area contributed by atoms with E-state index in [1.807, 2.05) is 39.0 Å². The first-order chi connectivity index (χ1) is 19.4. The summed E-state index contributed by atoms with van der Waals surface area (Å²) in [4.78, 5) is 11.5. The van der Waals surface area contributed by atoms with Gasteiger partial charge in [-0.25, -0.2) is 4.79 Å². The minimum absolute atomic E-state index is 0.0818. The van der Waals surface area contributed by atoms with Gasteiger partial charge in [0.1, 0.15) is 24.6 Å². The van der Waals surface area contributed by atoms with Gasteiger partial charge in [0.25, 0.3) is 0 Å². The summed E-state index contributed by atoms with van der Waals surface area (Å²) in [5.41, 5.74) is 5.91. The molecule has 2 N–H and O–H groups in total. The molecule has 0 saturated carbocycles. The minimum atomic E-state index is -0.509. The molecule has 0 heterocycles. The number of hydrogen-bond acceptors (Lipinski definition) is 12. The Hall–Kier alpha value is -2.03. The monoisotopic (exact) mass is 575 g/mol. The van der Waals surface area contributed by atoms with Gasteiger partial charge < -0.3 is 53.1 Å². The summed E-state index contributed by atoms with van der Waals surface area (Å²) < 4.78 is 54.0. The van der Waals surface area contributed by atoms with Gasteiger partial charge in [-0.1, -0.05) is 12.1 Å². The predicted molar refractivity (Wildman–Crippen MR) is 149 cm³/mol. The molecule has 12 nitrogen and oxygen atoms in total. The van der Waals surface area contributed by atoms with Crippen molar-refractivity contribution < 1.29 is 52.2 Å². The normalized spacial score (nSPS) is 11.6. The molecule has 0 bridgehead atoms. The lowest BCUT2D eigenvalue weighted by Gasteiger charge is -2.19. The first kappa shape index (κ1) is 36.0. The van der Waals surface area contributed by atoms with Gasteiger partial charge in [0.2, 0.25) is 0 Å². The first-order valence-electron chi connectivity index (χ1n) is 13.7. The molecule has 0 atom stereocenters. The SMILES string of the molecule is CC(C)(C)OC(=O)COCCOCCOCCOCCOCCOCCOCCOCCOc1ccccc1N. The summed E-state index contributed by atoms with van der Waals surface area (Å²) in [6.45, 7) is 12.8. The van der Waals surface area contributed by atoms with Crippen LogP contribution in [0.5, 0.6) is 5.75 Å². The molecule has 40 heavy (non-hydrogen) atoms. The number of carbonyl (C=O) groups is 1. The number of anilines is 1. The molecule has 0 fully saturated rings. The quantitative estimate of drug-likeness (QED) is 0.0935. The first-order valence-corrected chi connectivity index (χ1v) is 13.7. The number of benzene rings is 1. The summed E-state index contributed by atoms with van der Waals surface area (Å²) in [5.74, 6) is 0.279.